The molecule has 2 aromatic rings. The smallest absolute Gasteiger partial charge is 0.250 e. The minimum absolute atomic E-state index is 0.310. The highest BCUT2D eigenvalue weighted by Crippen LogP contribution is 2.54. The number of hydrogen-bond donors (Lipinski definition) is 3. The summed E-state index contributed by atoms with van der Waals surface area (Å²) in [6.07, 6.45) is 0.406. The molecule has 5 atom stereocenters. The fraction of sp³-hybridized carbons (Fsp3) is 0.375. The SMILES string of the molecule is CCCCN1C(=O)[C@@H]2[C@@H]([C@H](O)c3ccc(Cl)cc3)N[C@@]3(C(=O)Nc4ccccc43)[C@H]2C1=O. The van der Waals surface area contributed by atoms with E-state index in [4.69, 9.17) is 11.6 Å². The van der Waals surface area contributed by atoms with E-state index in [1.54, 1.807) is 48.5 Å². The number of para-hydroxylation sites is 1. The van der Waals surface area contributed by atoms with Crippen molar-refractivity contribution in [3.05, 3.63) is 64.7 Å². The molecule has 5 rings (SSSR count). The number of anilines is 1. The van der Waals surface area contributed by atoms with Crippen LogP contribution in [0.4, 0.5) is 5.69 Å². The highest BCUT2D eigenvalue weighted by atomic mass is 35.5. The number of benzene rings is 2. The third-order valence-corrected chi connectivity index (χ3v) is 7.19. The second-order valence-electron chi connectivity index (χ2n) is 8.66. The topological polar surface area (TPSA) is 98.7 Å². The highest BCUT2D eigenvalue weighted by Gasteiger charge is 2.71. The van der Waals surface area contributed by atoms with E-state index in [2.05, 4.69) is 10.6 Å². The monoisotopic (exact) mass is 453 g/mol. The molecule has 0 unspecified atom stereocenters. The molecule has 3 heterocycles. The van der Waals surface area contributed by atoms with E-state index in [1.165, 1.54) is 4.90 Å². The standard InChI is InChI=1S/C24H24ClN3O4/c1-2-3-12-28-21(30)17-18(22(28)31)24(15-6-4-5-7-16(15)26-23(24)32)27-19(17)20(29)13-8-10-14(25)11-9-13/h4-11,17-20,27,29H,2-3,12H2,1H3,(H,26,32)/t17-,18+,19-,20+,24+/m0/s1. The molecule has 3 amide bonds. The molecule has 3 aliphatic rings. The Morgan fingerprint density at radius 2 is 1.81 bits per heavy atom. The lowest BCUT2D eigenvalue weighted by Crippen LogP contribution is -2.54. The number of unbranched alkanes of at least 4 members (excludes halogenated alkanes) is 1. The van der Waals surface area contributed by atoms with Crippen LogP contribution in [0.15, 0.2) is 48.5 Å². The fourth-order valence-electron chi connectivity index (χ4n) is 5.42. The predicted octanol–water partition coefficient (Wildman–Crippen LogP) is 2.59. The number of amides is 3. The van der Waals surface area contributed by atoms with Gasteiger partial charge < -0.3 is 10.4 Å². The molecule has 0 saturated carbocycles. The molecule has 2 aromatic carbocycles. The maximum absolute atomic E-state index is 13.6. The molecule has 3 N–H and O–H groups in total. The average molecular weight is 454 g/mol. The van der Waals surface area contributed by atoms with E-state index < -0.39 is 29.5 Å². The molecule has 8 heteroatoms. The van der Waals surface area contributed by atoms with Crippen LogP contribution in [-0.2, 0) is 19.9 Å². The molecule has 3 aliphatic heterocycles. The molecule has 166 valence electrons. The first-order chi connectivity index (χ1) is 15.4. The fourth-order valence-corrected chi connectivity index (χ4v) is 5.55. The van der Waals surface area contributed by atoms with E-state index in [0.29, 0.717) is 34.8 Å². The van der Waals surface area contributed by atoms with Crippen LogP contribution in [0.2, 0.25) is 5.02 Å². The molecule has 0 aromatic heterocycles. The molecule has 1 spiro atoms. The van der Waals surface area contributed by atoms with Crippen LogP contribution in [0, 0.1) is 11.8 Å². The predicted molar refractivity (Wildman–Crippen MR) is 119 cm³/mol. The van der Waals surface area contributed by atoms with Gasteiger partial charge in [0.05, 0.1) is 24.0 Å². The van der Waals surface area contributed by atoms with Crippen LogP contribution in [-0.4, -0.2) is 40.3 Å². The Balaban J connectivity index is 1.63. The zero-order chi connectivity index (χ0) is 22.6. The number of likely N-dealkylation sites (tertiary alicyclic amines) is 1. The van der Waals surface area contributed by atoms with E-state index in [0.717, 1.165) is 6.42 Å². The van der Waals surface area contributed by atoms with Crippen LogP contribution in [0.25, 0.3) is 0 Å². The number of halogens is 1. The third kappa shape index (κ3) is 2.85. The van der Waals surface area contributed by atoms with Gasteiger partial charge >= 0.3 is 0 Å². The maximum atomic E-state index is 13.6. The van der Waals surface area contributed by atoms with Crippen LogP contribution < -0.4 is 10.6 Å². The van der Waals surface area contributed by atoms with Crippen molar-refractivity contribution in [3.8, 4) is 0 Å². The second kappa shape index (κ2) is 7.69. The van der Waals surface area contributed by atoms with Gasteiger partial charge in [0.1, 0.15) is 5.54 Å². The summed E-state index contributed by atoms with van der Waals surface area (Å²) >= 11 is 5.99. The van der Waals surface area contributed by atoms with Crippen molar-refractivity contribution in [3.63, 3.8) is 0 Å². The van der Waals surface area contributed by atoms with Gasteiger partial charge in [-0.3, -0.25) is 24.6 Å². The zero-order valence-electron chi connectivity index (χ0n) is 17.5. The molecule has 0 radical (unpaired) electrons. The first kappa shape index (κ1) is 21.1. The van der Waals surface area contributed by atoms with E-state index in [1.807, 2.05) is 6.92 Å². The van der Waals surface area contributed by atoms with Crippen molar-refractivity contribution in [1.29, 1.82) is 0 Å². The van der Waals surface area contributed by atoms with E-state index in [-0.39, 0.29) is 17.7 Å². The molecular weight excluding hydrogens is 430 g/mol. The van der Waals surface area contributed by atoms with Gasteiger partial charge in [0.2, 0.25) is 17.7 Å². The second-order valence-corrected chi connectivity index (χ2v) is 9.10. The lowest BCUT2D eigenvalue weighted by Gasteiger charge is -2.30. The maximum Gasteiger partial charge on any atom is 0.250 e. The van der Waals surface area contributed by atoms with Gasteiger partial charge in [0.15, 0.2) is 0 Å². The molecule has 0 bridgehead atoms. The largest absolute Gasteiger partial charge is 0.387 e. The minimum Gasteiger partial charge on any atom is -0.387 e. The number of carbonyl (C=O) groups is 3. The van der Waals surface area contributed by atoms with Crippen molar-refractivity contribution in [2.75, 3.05) is 11.9 Å². The van der Waals surface area contributed by atoms with Crippen molar-refractivity contribution in [2.45, 2.75) is 37.5 Å². The van der Waals surface area contributed by atoms with Gasteiger partial charge in [-0.15, -0.1) is 0 Å². The highest BCUT2D eigenvalue weighted by molar-refractivity contribution is 6.30. The molecule has 2 fully saturated rings. The van der Waals surface area contributed by atoms with Gasteiger partial charge in [0.25, 0.3) is 0 Å². The summed E-state index contributed by atoms with van der Waals surface area (Å²) in [6, 6.07) is 13.1. The zero-order valence-corrected chi connectivity index (χ0v) is 18.3. The summed E-state index contributed by atoms with van der Waals surface area (Å²) in [7, 11) is 0. The summed E-state index contributed by atoms with van der Waals surface area (Å²) in [5, 5.41) is 17.9. The summed E-state index contributed by atoms with van der Waals surface area (Å²) in [6.45, 7) is 2.30. The molecule has 2 saturated heterocycles. The Morgan fingerprint density at radius 1 is 1.09 bits per heavy atom. The number of hydrogen-bond acceptors (Lipinski definition) is 5. The first-order valence-corrected chi connectivity index (χ1v) is 11.3. The lowest BCUT2D eigenvalue weighted by molar-refractivity contribution is -0.143. The average Bonchev–Trinajstić information content (AvgIpc) is 3.38. The van der Waals surface area contributed by atoms with Gasteiger partial charge in [-0.05, 0) is 30.2 Å². The number of imide groups is 1. The quantitative estimate of drug-likeness (QED) is 0.604. The number of carbonyl (C=O) groups excluding carboxylic acids is 3. The van der Waals surface area contributed by atoms with Crippen LogP contribution in [0.5, 0.6) is 0 Å². The van der Waals surface area contributed by atoms with Crippen LogP contribution in [0.3, 0.4) is 0 Å². The van der Waals surface area contributed by atoms with E-state index in [9.17, 15) is 19.5 Å². The summed E-state index contributed by atoms with van der Waals surface area (Å²) in [5.41, 5.74) is 0.385. The van der Waals surface area contributed by atoms with Crippen LogP contribution >= 0.6 is 11.6 Å². The molecule has 32 heavy (non-hydrogen) atoms. The summed E-state index contributed by atoms with van der Waals surface area (Å²) < 4.78 is 0. The van der Waals surface area contributed by atoms with Crippen molar-refractivity contribution >= 4 is 35.0 Å². The summed E-state index contributed by atoms with van der Waals surface area (Å²) in [4.78, 5) is 41.7. The number of aliphatic hydroxyl groups excluding tert-OH is 1. The number of fused-ring (bicyclic) bond motifs is 4. The Kier molecular flexibility index (Phi) is 5.08. The normalized spacial score (nSPS) is 29.4. The Morgan fingerprint density at radius 3 is 2.53 bits per heavy atom. The third-order valence-electron chi connectivity index (χ3n) is 6.94. The number of aliphatic hydroxyl groups is 1. The minimum atomic E-state index is -1.41. The van der Waals surface area contributed by atoms with Gasteiger partial charge in [-0.2, -0.15) is 0 Å². The molecular formula is C24H24ClN3O4. The van der Waals surface area contributed by atoms with Gasteiger partial charge in [0, 0.05) is 22.8 Å². The Bertz CT molecular complexity index is 1100. The molecule has 7 nitrogen and oxygen atoms in total. The number of rotatable bonds is 5. The van der Waals surface area contributed by atoms with E-state index >= 15 is 0 Å². The lowest BCUT2D eigenvalue weighted by atomic mass is 9.76. The summed E-state index contributed by atoms with van der Waals surface area (Å²) in [5.74, 6) is -2.87. The number of nitrogens with one attached hydrogen (secondary N) is 2. The number of nitrogens with zero attached hydrogens (tertiary/aromatic N) is 1. The van der Waals surface area contributed by atoms with Crippen molar-refractivity contribution in [2.24, 2.45) is 11.8 Å². The van der Waals surface area contributed by atoms with Crippen LogP contribution in [0.1, 0.15) is 37.0 Å². The Hall–Kier alpha value is -2.74. The Labute approximate surface area is 190 Å². The van der Waals surface area contributed by atoms with Crippen molar-refractivity contribution < 1.29 is 19.5 Å². The first-order valence-electron chi connectivity index (χ1n) is 10.9. The van der Waals surface area contributed by atoms with Crippen molar-refractivity contribution in [1.82, 2.24) is 10.2 Å². The molecule has 0 aliphatic carbocycles. The van der Waals surface area contributed by atoms with Gasteiger partial charge in [-0.25, -0.2) is 0 Å². The van der Waals surface area contributed by atoms with Gasteiger partial charge in [-0.1, -0.05) is 55.3 Å².